The third kappa shape index (κ3) is 1.46. The van der Waals surface area contributed by atoms with Crippen LogP contribution in [0.15, 0.2) is 12.3 Å². The molecule has 1 unspecified atom stereocenters. The minimum Gasteiger partial charge on any atom is -0.307 e. The van der Waals surface area contributed by atoms with Crippen LogP contribution in [-0.4, -0.2) is 16.5 Å². The molecule has 1 fully saturated rings. The Bertz CT molecular complexity index is 266. The summed E-state index contributed by atoms with van der Waals surface area (Å²) in [6.45, 7) is 3.10. The average molecular weight is 163 g/mol. The van der Waals surface area contributed by atoms with Gasteiger partial charge in [0.05, 0.1) is 6.04 Å². The van der Waals surface area contributed by atoms with Crippen LogP contribution in [0.4, 0.5) is 0 Å². The van der Waals surface area contributed by atoms with Gasteiger partial charge < -0.3 is 5.32 Å². The first-order valence-corrected chi connectivity index (χ1v) is 4.39. The van der Waals surface area contributed by atoms with Crippen molar-refractivity contribution in [1.82, 2.24) is 15.3 Å². The average Bonchev–Trinajstić information content (AvgIpc) is 2.56. The summed E-state index contributed by atoms with van der Waals surface area (Å²) in [6.07, 6.45) is 4.24. The van der Waals surface area contributed by atoms with E-state index in [2.05, 4.69) is 15.3 Å². The minimum atomic E-state index is 0.393. The summed E-state index contributed by atoms with van der Waals surface area (Å²) >= 11 is 0. The number of aromatic nitrogens is 2. The largest absolute Gasteiger partial charge is 0.307 e. The van der Waals surface area contributed by atoms with Crippen LogP contribution in [-0.2, 0) is 0 Å². The Labute approximate surface area is 72.2 Å². The molecular formula is C9H13N3. The Kier molecular flexibility index (Phi) is 2.04. The van der Waals surface area contributed by atoms with E-state index < -0.39 is 0 Å². The lowest BCUT2D eigenvalue weighted by atomic mass is 10.2. The fourth-order valence-corrected chi connectivity index (χ4v) is 1.54. The van der Waals surface area contributed by atoms with Crippen molar-refractivity contribution in [2.45, 2.75) is 25.8 Å². The van der Waals surface area contributed by atoms with Crippen molar-refractivity contribution < 1.29 is 0 Å². The highest BCUT2D eigenvalue weighted by molar-refractivity contribution is 5.04. The van der Waals surface area contributed by atoms with Crippen LogP contribution in [0.5, 0.6) is 0 Å². The molecule has 12 heavy (non-hydrogen) atoms. The van der Waals surface area contributed by atoms with Crippen LogP contribution < -0.4 is 5.32 Å². The first-order valence-electron chi connectivity index (χ1n) is 4.39. The van der Waals surface area contributed by atoms with Crippen LogP contribution in [0.25, 0.3) is 0 Å². The molecule has 0 spiro atoms. The fraction of sp³-hybridized carbons (Fsp3) is 0.556. The van der Waals surface area contributed by atoms with Crippen LogP contribution in [0.1, 0.15) is 30.4 Å². The van der Waals surface area contributed by atoms with E-state index in [1.165, 1.54) is 12.8 Å². The van der Waals surface area contributed by atoms with Crippen LogP contribution >= 0.6 is 0 Å². The first-order chi connectivity index (χ1) is 5.86. The van der Waals surface area contributed by atoms with Gasteiger partial charge in [0, 0.05) is 11.9 Å². The van der Waals surface area contributed by atoms with Gasteiger partial charge in [0.15, 0.2) is 0 Å². The zero-order valence-electron chi connectivity index (χ0n) is 7.25. The Balaban J connectivity index is 2.21. The molecule has 1 N–H and O–H groups in total. The maximum Gasteiger partial charge on any atom is 0.145 e. The number of nitrogens with zero attached hydrogens (tertiary/aromatic N) is 2. The van der Waals surface area contributed by atoms with Gasteiger partial charge in [-0.15, -0.1) is 0 Å². The molecule has 1 aromatic rings. The third-order valence-electron chi connectivity index (χ3n) is 2.19. The van der Waals surface area contributed by atoms with Gasteiger partial charge in [-0.2, -0.15) is 0 Å². The monoisotopic (exact) mass is 163 g/mol. The van der Waals surface area contributed by atoms with Crippen LogP contribution in [0.3, 0.4) is 0 Å². The Morgan fingerprint density at radius 2 is 2.50 bits per heavy atom. The fourth-order valence-electron chi connectivity index (χ4n) is 1.54. The quantitative estimate of drug-likeness (QED) is 0.676. The smallest absolute Gasteiger partial charge is 0.145 e. The van der Waals surface area contributed by atoms with Gasteiger partial charge in [0.2, 0.25) is 0 Å². The summed E-state index contributed by atoms with van der Waals surface area (Å²) in [4.78, 5) is 8.63. The maximum atomic E-state index is 4.38. The molecule has 0 saturated carbocycles. The predicted molar refractivity (Wildman–Crippen MR) is 46.7 cm³/mol. The van der Waals surface area contributed by atoms with Crippen LogP contribution in [0, 0.1) is 6.92 Å². The molecule has 64 valence electrons. The van der Waals surface area contributed by atoms with Gasteiger partial charge in [-0.1, -0.05) is 0 Å². The molecule has 1 saturated heterocycles. The second-order valence-corrected chi connectivity index (χ2v) is 3.21. The second kappa shape index (κ2) is 3.19. The number of aryl methyl sites for hydroxylation is 1. The summed E-state index contributed by atoms with van der Waals surface area (Å²) in [5.41, 5.74) is 1.05. The molecule has 1 atom stereocenters. The highest BCUT2D eigenvalue weighted by Gasteiger charge is 2.18. The van der Waals surface area contributed by atoms with E-state index >= 15 is 0 Å². The van der Waals surface area contributed by atoms with E-state index in [1.54, 1.807) is 0 Å². The third-order valence-corrected chi connectivity index (χ3v) is 2.19. The molecule has 0 aliphatic carbocycles. The van der Waals surface area contributed by atoms with Gasteiger partial charge in [-0.05, 0) is 32.4 Å². The van der Waals surface area contributed by atoms with Gasteiger partial charge in [0.1, 0.15) is 5.82 Å². The molecule has 2 rings (SSSR count). The first kappa shape index (κ1) is 7.68. The van der Waals surface area contributed by atoms with Crippen molar-refractivity contribution in [3.05, 3.63) is 23.8 Å². The number of rotatable bonds is 1. The van der Waals surface area contributed by atoms with Crippen LogP contribution in [0.2, 0.25) is 0 Å². The molecule has 0 radical (unpaired) electrons. The van der Waals surface area contributed by atoms with Gasteiger partial charge >= 0.3 is 0 Å². The van der Waals surface area contributed by atoms with E-state index in [4.69, 9.17) is 0 Å². The molecule has 0 bridgehead atoms. The zero-order chi connectivity index (χ0) is 8.39. The second-order valence-electron chi connectivity index (χ2n) is 3.21. The van der Waals surface area contributed by atoms with E-state index in [0.29, 0.717) is 6.04 Å². The van der Waals surface area contributed by atoms with E-state index in [0.717, 1.165) is 18.1 Å². The molecule has 1 aliphatic rings. The highest BCUT2D eigenvalue weighted by Crippen LogP contribution is 2.18. The summed E-state index contributed by atoms with van der Waals surface area (Å²) in [5.74, 6) is 0.951. The zero-order valence-corrected chi connectivity index (χ0v) is 7.25. The standard InChI is InChI=1S/C9H13N3/c1-7-4-6-11-9(12-7)8-3-2-5-10-8/h4,6,8,10H,2-3,5H2,1H3. The number of nitrogens with one attached hydrogen (secondary N) is 1. The topological polar surface area (TPSA) is 37.8 Å². The lowest BCUT2D eigenvalue weighted by molar-refractivity contribution is 0.602. The molecule has 3 nitrogen and oxygen atoms in total. The molecule has 3 heteroatoms. The Hall–Kier alpha value is -0.960. The molecular weight excluding hydrogens is 150 g/mol. The molecule has 0 amide bonds. The van der Waals surface area contributed by atoms with Gasteiger partial charge in [0.25, 0.3) is 0 Å². The van der Waals surface area contributed by atoms with Crippen molar-refractivity contribution in [3.8, 4) is 0 Å². The Morgan fingerprint density at radius 1 is 1.58 bits per heavy atom. The lowest BCUT2D eigenvalue weighted by Gasteiger charge is -2.07. The van der Waals surface area contributed by atoms with Crippen molar-refractivity contribution >= 4 is 0 Å². The summed E-state index contributed by atoms with van der Waals surface area (Å²) in [7, 11) is 0. The van der Waals surface area contributed by atoms with E-state index in [1.807, 2.05) is 19.2 Å². The normalized spacial score (nSPS) is 22.9. The highest BCUT2D eigenvalue weighted by atomic mass is 15.0. The predicted octanol–water partition coefficient (Wildman–Crippen LogP) is 1.21. The van der Waals surface area contributed by atoms with Crippen molar-refractivity contribution in [1.29, 1.82) is 0 Å². The van der Waals surface area contributed by atoms with E-state index in [-0.39, 0.29) is 0 Å². The van der Waals surface area contributed by atoms with Crippen molar-refractivity contribution in [3.63, 3.8) is 0 Å². The lowest BCUT2D eigenvalue weighted by Crippen LogP contribution is -2.15. The molecule has 1 aliphatic heterocycles. The summed E-state index contributed by atoms with van der Waals surface area (Å²) in [5, 5.41) is 3.38. The number of hydrogen-bond donors (Lipinski definition) is 1. The SMILES string of the molecule is Cc1ccnc(C2CCCN2)n1. The number of hydrogen-bond acceptors (Lipinski definition) is 3. The van der Waals surface area contributed by atoms with E-state index in [9.17, 15) is 0 Å². The van der Waals surface area contributed by atoms with Crippen molar-refractivity contribution in [2.24, 2.45) is 0 Å². The van der Waals surface area contributed by atoms with Gasteiger partial charge in [-0.3, -0.25) is 0 Å². The summed E-state index contributed by atoms with van der Waals surface area (Å²) in [6, 6.07) is 2.32. The van der Waals surface area contributed by atoms with Crippen molar-refractivity contribution in [2.75, 3.05) is 6.54 Å². The Morgan fingerprint density at radius 3 is 3.17 bits per heavy atom. The molecule has 0 aromatic carbocycles. The molecule has 1 aromatic heterocycles. The maximum absolute atomic E-state index is 4.38. The molecule has 2 heterocycles. The van der Waals surface area contributed by atoms with Gasteiger partial charge in [-0.25, -0.2) is 9.97 Å². The minimum absolute atomic E-state index is 0.393. The summed E-state index contributed by atoms with van der Waals surface area (Å²) < 4.78 is 0.